The van der Waals surface area contributed by atoms with Gasteiger partial charge in [0.1, 0.15) is 18.0 Å². The van der Waals surface area contributed by atoms with Crippen LogP contribution in [-0.4, -0.2) is 51.4 Å². The largest absolute Gasteiger partial charge is 0.461 e. The number of rotatable bonds is 13. The Morgan fingerprint density at radius 1 is 0.796 bits per heavy atom. The molecule has 0 unspecified atom stereocenters. The van der Waals surface area contributed by atoms with E-state index in [2.05, 4.69) is 29.0 Å². The molecule has 1 aliphatic heterocycles. The Hall–Kier alpha value is -5.70. The number of hydrogen-bond donors (Lipinski definition) is 0. The summed E-state index contributed by atoms with van der Waals surface area (Å²) in [5.41, 5.74) is 5.85. The average molecular weight is 728 g/mol. The number of aryl methyl sites for hydroxylation is 1. The molecule has 1 aromatic heterocycles. The predicted molar refractivity (Wildman–Crippen MR) is 206 cm³/mol. The van der Waals surface area contributed by atoms with Crippen molar-refractivity contribution in [2.24, 2.45) is 11.8 Å². The lowest BCUT2D eigenvalue weighted by molar-refractivity contribution is -0.169. The maximum atomic E-state index is 15.3. The number of carbonyl (C=O) groups excluding carboxylic acids is 3. The van der Waals surface area contributed by atoms with E-state index < -0.39 is 23.4 Å². The fraction of sp³-hybridized carbons (Fsp3) is 0.311. The Bertz CT molecular complexity index is 2050. The number of amides is 1. The second-order valence-corrected chi connectivity index (χ2v) is 14.9. The van der Waals surface area contributed by atoms with Gasteiger partial charge in [0.2, 0.25) is 5.91 Å². The number of likely N-dealkylation sites (tertiary alicyclic amines) is 1. The van der Waals surface area contributed by atoms with Crippen LogP contribution in [-0.2, 0) is 43.3 Å². The molecule has 0 bridgehead atoms. The zero-order valence-corrected chi connectivity index (χ0v) is 31.3. The molecule has 278 valence electrons. The maximum Gasteiger partial charge on any atom is 0.313 e. The minimum Gasteiger partial charge on any atom is -0.461 e. The van der Waals surface area contributed by atoms with Crippen LogP contribution in [0.4, 0.5) is 4.39 Å². The molecule has 6 rings (SSSR count). The van der Waals surface area contributed by atoms with Crippen LogP contribution in [0, 0.1) is 17.7 Å². The van der Waals surface area contributed by atoms with E-state index in [0.717, 1.165) is 40.7 Å². The van der Waals surface area contributed by atoms with Crippen LogP contribution in [0.2, 0.25) is 0 Å². The van der Waals surface area contributed by atoms with Gasteiger partial charge in [-0.2, -0.15) is 0 Å². The average Bonchev–Trinajstić information content (AvgIpc) is 3.13. The quantitative estimate of drug-likeness (QED) is 0.112. The molecule has 54 heavy (non-hydrogen) atoms. The van der Waals surface area contributed by atoms with Crippen molar-refractivity contribution in [3.05, 3.63) is 132 Å². The molecular weight excluding hydrogens is 682 g/mol. The fourth-order valence-electron chi connectivity index (χ4n) is 6.47. The molecule has 9 heteroatoms. The molecule has 0 saturated carbocycles. The second kappa shape index (κ2) is 17.0. The maximum absolute atomic E-state index is 15.3. The van der Waals surface area contributed by atoms with Crippen molar-refractivity contribution in [3.63, 3.8) is 0 Å². The van der Waals surface area contributed by atoms with Gasteiger partial charge in [-0.05, 0) is 67.5 Å². The van der Waals surface area contributed by atoms with Crippen molar-refractivity contribution in [1.29, 1.82) is 0 Å². The van der Waals surface area contributed by atoms with Gasteiger partial charge in [0.05, 0.1) is 18.3 Å². The van der Waals surface area contributed by atoms with Crippen LogP contribution >= 0.6 is 0 Å². The number of aromatic nitrogens is 2. The molecule has 1 aliphatic rings. The van der Waals surface area contributed by atoms with Gasteiger partial charge in [0.15, 0.2) is 5.82 Å². The molecule has 0 spiro atoms. The van der Waals surface area contributed by atoms with Gasteiger partial charge in [0, 0.05) is 42.2 Å². The van der Waals surface area contributed by atoms with Crippen LogP contribution in [0.3, 0.4) is 0 Å². The SMILES string of the molecule is CCCc1ccc(-c2ccc(-c3cnc(-c4ccc(C[C@H](CC(=O)OCc5ccccc5)C(=O)N5CC(C(=O)OC(C)(C)C)C5)cc4)nc3)c(F)c2)cc1. The molecule has 8 nitrogen and oxygen atoms in total. The van der Waals surface area contributed by atoms with E-state index in [1.165, 1.54) is 5.56 Å². The summed E-state index contributed by atoms with van der Waals surface area (Å²) >= 11 is 0. The van der Waals surface area contributed by atoms with E-state index >= 15 is 4.39 Å². The van der Waals surface area contributed by atoms with Gasteiger partial charge in [-0.1, -0.05) is 104 Å². The van der Waals surface area contributed by atoms with Crippen LogP contribution in [0.15, 0.2) is 109 Å². The number of benzene rings is 4. The van der Waals surface area contributed by atoms with Crippen molar-refractivity contribution in [2.45, 2.75) is 65.6 Å². The Kier molecular flexibility index (Phi) is 12.0. The van der Waals surface area contributed by atoms with E-state index in [4.69, 9.17) is 9.47 Å². The zero-order valence-electron chi connectivity index (χ0n) is 31.3. The van der Waals surface area contributed by atoms with Crippen LogP contribution in [0.5, 0.6) is 0 Å². The van der Waals surface area contributed by atoms with E-state index in [1.54, 1.807) is 29.4 Å². The number of nitrogens with zero attached hydrogens (tertiary/aromatic N) is 3. The molecule has 5 aromatic rings. The van der Waals surface area contributed by atoms with Gasteiger partial charge in [-0.25, -0.2) is 14.4 Å². The van der Waals surface area contributed by atoms with Gasteiger partial charge in [-0.15, -0.1) is 0 Å². The molecular formula is C45H46FN3O5. The monoisotopic (exact) mass is 727 g/mol. The summed E-state index contributed by atoms with van der Waals surface area (Å²) in [6.07, 6.45) is 5.51. The van der Waals surface area contributed by atoms with Crippen LogP contribution in [0.25, 0.3) is 33.6 Å². The topological polar surface area (TPSA) is 98.7 Å². The highest BCUT2D eigenvalue weighted by Crippen LogP contribution is 2.30. The van der Waals surface area contributed by atoms with Crippen LogP contribution < -0.4 is 0 Å². The highest BCUT2D eigenvalue weighted by molar-refractivity contribution is 5.86. The Morgan fingerprint density at radius 3 is 2.06 bits per heavy atom. The number of carbonyl (C=O) groups is 3. The van der Waals surface area contributed by atoms with Crippen molar-refractivity contribution in [2.75, 3.05) is 13.1 Å². The minimum atomic E-state index is -0.684. The van der Waals surface area contributed by atoms with Crippen molar-refractivity contribution < 1.29 is 28.2 Å². The summed E-state index contributed by atoms with van der Waals surface area (Å²) in [7, 11) is 0. The standard InChI is InChI=1S/C45H46FN3O5/c1-5-9-30-12-16-33(17-13-30)35-20-21-39(40(46)23-35)37-25-47-42(48-26-37)34-18-14-31(15-19-34)22-36(24-41(50)53-29-32-10-7-6-8-11-32)43(51)49-27-38(28-49)44(52)54-45(2,3)4/h6-8,10-21,23,25-26,36,38H,5,9,22,24,27-29H2,1-4H3/t36-/m1/s1. The highest BCUT2D eigenvalue weighted by atomic mass is 19.1. The van der Waals surface area contributed by atoms with Gasteiger partial charge in [-0.3, -0.25) is 14.4 Å². The summed E-state index contributed by atoms with van der Waals surface area (Å²) < 4.78 is 26.3. The number of hydrogen-bond acceptors (Lipinski definition) is 7. The summed E-state index contributed by atoms with van der Waals surface area (Å²) in [5.74, 6) is -1.97. The Balaban J connectivity index is 1.11. The third kappa shape index (κ3) is 9.83. The Morgan fingerprint density at radius 2 is 1.43 bits per heavy atom. The first-order chi connectivity index (χ1) is 26.0. The predicted octanol–water partition coefficient (Wildman–Crippen LogP) is 8.66. The Labute approximate surface area is 316 Å². The smallest absolute Gasteiger partial charge is 0.313 e. The van der Waals surface area contributed by atoms with Crippen molar-refractivity contribution >= 4 is 17.8 Å². The molecule has 0 radical (unpaired) electrons. The van der Waals surface area contributed by atoms with E-state index in [0.29, 0.717) is 23.4 Å². The van der Waals surface area contributed by atoms with E-state index in [9.17, 15) is 14.4 Å². The molecule has 4 aromatic carbocycles. The van der Waals surface area contributed by atoms with Crippen molar-refractivity contribution in [1.82, 2.24) is 14.9 Å². The van der Waals surface area contributed by atoms with Crippen molar-refractivity contribution in [3.8, 4) is 33.6 Å². The molecule has 2 heterocycles. The fourth-order valence-corrected chi connectivity index (χ4v) is 6.47. The lowest BCUT2D eigenvalue weighted by Crippen LogP contribution is -2.56. The molecule has 1 amide bonds. The molecule has 0 aliphatic carbocycles. The van der Waals surface area contributed by atoms with Gasteiger partial charge < -0.3 is 14.4 Å². The summed E-state index contributed by atoms with van der Waals surface area (Å²) in [6.45, 7) is 8.19. The van der Waals surface area contributed by atoms with E-state index in [1.807, 2.05) is 93.6 Å². The summed E-state index contributed by atoms with van der Waals surface area (Å²) in [6, 6.07) is 30.3. The van der Waals surface area contributed by atoms with Crippen LogP contribution in [0.1, 0.15) is 57.2 Å². The number of esters is 2. The van der Waals surface area contributed by atoms with Gasteiger partial charge in [0.25, 0.3) is 0 Å². The lowest BCUT2D eigenvalue weighted by Gasteiger charge is -2.40. The lowest BCUT2D eigenvalue weighted by atomic mass is 9.91. The highest BCUT2D eigenvalue weighted by Gasteiger charge is 2.41. The molecule has 0 N–H and O–H groups in total. The first-order valence-electron chi connectivity index (χ1n) is 18.5. The normalized spacial score (nSPS) is 13.5. The minimum absolute atomic E-state index is 0.103. The zero-order chi connectivity index (χ0) is 38.2. The molecule has 1 fully saturated rings. The number of halogens is 1. The van der Waals surface area contributed by atoms with E-state index in [-0.39, 0.29) is 43.8 Å². The third-order valence-electron chi connectivity index (χ3n) is 9.39. The number of ether oxygens (including phenoxy) is 2. The summed E-state index contributed by atoms with van der Waals surface area (Å²) in [5, 5.41) is 0. The first kappa shape index (κ1) is 38.0. The molecule has 1 saturated heterocycles. The third-order valence-corrected chi connectivity index (χ3v) is 9.39. The van der Waals surface area contributed by atoms with Gasteiger partial charge >= 0.3 is 11.9 Å². The second-order valence-electron chi connectivity index (χ2n) is 14.9. The first-order valence-corrected chi connectivity index (χ1v) is 18.5. The summed E-state index contributed by atoms with van der Waals surface area (Å²) in [4.78, 5) is 49.9. The molecule has 1 atom stereocenters.